The summed E-state index contributed by atoms with van der Waals surface area (Å²) in [5.41, 5.74) is 1.14. The molecule has 5 nitrogen and oxygen atoms in total. The van der Waals surface area contributed by atoms with E-state index < -0.39 is 0 Å². The van der Waals surface area contributed by atoms with Crippen LogP contribution in [0.25, 0.3) is 0 Å². The van der Waals surface area contributed by atoms with Gasteiger partial charge in [0.25, 0.3) is 0 Å². The SMILES string of the molecule is CCOc1ccccc1CNC(=NC)NCCN(CC)CC. The summed E-state index contributed by atoms with van der Waals surface area (Å²) in [7, 11) is 1.79. The van der Waals surface area contributed by atoms with Gasteiger partial charge in [-0.05, 0) is 26.1 Å². The number of benzene rings is 1. The number of nitrogens with one attached hydrogen (secondary N) is 2. The Labute approximate surface area is 134 Å². The molecule has 2 N–H and O–H groups in total. The second-order valence-electron chi connectivity index (χ2n) is 4.92. The van der Waals surface area contributed by atoms with Crippen molar-refractivity contribution in [3.05, 3.63) is 29.8 Å². The van der Waals surface area contributed by atoms with E-state index in [4.69, 9.17) is 4.74 Å². The minimum absolute atomic E-state index is 0.674. The van der Waals surface area contributed by atoms with Crippen LogP contribution in [0.15, 0.2) is 29.3 Å². The van der Waals surface area contributed by atoms with E-state index in [2.05, 4.69) is 40.4 Å². The molecule has 1 aromatic carbocycles. The van der Waals surface area contributed by atoms with Crippen LogP contribution in [0.5, 0.6) is 5.75 Å². The maximum atomic E-state index is 5.64. The van der Waals surface area contributed by atoms with E-state index in [0.717, 1.165) is 43.5 Å². The third kappa shape index (κ3) is 6.35. The van der Waals surface area contributed by atoms with Gasteiger partial charge < -0.3 is 20.3 Å². The molecule has 1 rings (SSSR count). The number of rotatable bonds is 9. The van der Waals surface area contributed by atoms with Crippen molar-refractivity contribution in [2.45, 2.75) is 27.3 Å². The summed E-state index contributed by atoms with van der Waals surface area (Å²) in [5.74, 6) is 1.74. The van der Waals surface area contributed by atoms with Crippen LogP contribution in [0.2, 0.25) is 0 Å². The van der Waals surface area contributed by atoms with Gasteiger partial charge in [0.15, 0.2) is 5.96 Å². The number of ether oxygens (including phenoxy) is 1. The Morgan fingerprint density at radius 1 is 1.14 bits per heavy atom. The van der Waals surface area contributed by atoms with Gasteiger partial charge in [0, 0.05) is 32.2 Å². The van der Waals surface area contributed by atoms with E-state index in [1.54, 1.807) is 7.05 Å². The molecule has 0 heterocycles. The molecule has 0 aliphatic carbocycles. The number of guanidine groups is 1. The van der Waals surface area contributed by atoms with Crippen LogP contribution >= 0.6 is 0 Å². The lowest BCUT2D eigenvalue weighted by atomic mass is 10.2. The van der Waals surface area contributed by atoms with E-state index in [-0.39, 0.29) is 0 Å². The largest absolute Gasteiger partial charge is 0.494 e. The molecular formula is C17H30N4O. The van der Waals surface area contributed by atoms with Crippen molar-refractivity contribution in [3.63, 3.8) is 0 Å². The van der Waals surface area contributed by atoms with E-state index in [1.165, 1.54) is 0 Å². The molecular weight excluding hydrogens is 276 g/mol. The summed E-state index contributed by atoms with van der Waals surface area (Å²) in [5, 5.41) is 6.68. The van der Waals surface area contributed by atoms with Gasteiger partial charge in [0.05, 0.1) is 6.61 Å². The zero-order valence-electron chi connectivity index (χ0n) is 14.4. The number of para-hydroxylation sites is 1. The van der Waals surface area contributed by atoms with Crippen molar-refractivity contribution in [1.29, 1.82) is 0 Å². The van der Waals surface area contributed by atoms with Crippen LogP contribution in [0.4, 0.5) is 0 Å². The van der Waals surface area contributed by atoms with Crippen LogP contribution < -0.4 is 15.4 Å². The number of hydrogen-bond donors (Lipinski definition) is 2. The minimum Gasteiger partial charge on any atom is -0.494 e. The first kappa shape index (κ1) is 18.3. The summed E-state index contributed by atoms with van der Waals surface area (Å²) in [6, 6.07) is 8.08. The Kier molecular flexibility index (Phi) is 9.07. The van der Waals surface area contributed by atoms with Gasteiger partial charge in [0.1, 0.15) is 5.75 Å². The van der Waals surface area contributed by atoms with Crippen LogP contribution in [-0.2, 0) is 6.54 Å². The number of likely N-dealkylation sites (N-methyl/N-ethyl adjacent to an activating group) is 1. The van der Waals surface area contributed by atoms with Crippen LogP contribution in [-0.4, -0.2) is 50.7 Å². The third-order valence-corrected chi connectivity index (χ3v) is 3.56. The summed E-state index contributed by atoms with van der Waals surface area (Å²) < 4.78 is 5.64. The van der Waals surface area contributed by atoms with Gasteiger partial charge in [-0.25, -0.2) is 0 Å². The standard InChI is InChI=1S/C17H30N4O/c1-5-21(6-2)13-12-19-17(18-4)20-14-15-10-8-9-11-16(15)22-7-3/h8-11H,5-7,12-14H2,1-4H3,(H2,18,19,20). The lowest BCUT2D eigenvalue weighted by Gasteiger charge is -2.19. The smallest absolute Gasteiger partial charge is 0.191 e. The second kappa shape index (κ2) is 10.9. The Bertz CT molecular complexity index is 444. The molecule has 0 aliphatic rings. The first-order valence-corrected chi connectivity index (χ1v) is 8.12. The molecule has 0 aromatic heterocycles. The average Bonchev–Trinajstić information content (AvgIpc) is 2.56. The van der Waals surface area contributed by atoms with Crippen molar-refractivity contribution >= 4 is 5.96 Å². The van der Waals surface area contributed by atoms with Crippen molar-refractivity contribution in [1.82, 2.24) is 15.5 Å². The minimum atomic E-state index is 0.674. The first-order chi connectivity index (χ1) is 10.7. The van der Waals surface area contributed by atoms with Gasteiger partial charge >= 0.3 is 0 Å². The van der Waals surface area contributed by atoms with E-state index in [1.807, 2.05) is 25.1 Å². The van der Waals surface area contributed by atoms with Crippen LogP contribution in [0, 0.1) is 0 Å². The zero-order valence-corrected chi connectivity index (χ0v) is 14.4. The Morgan fingerprint density at radius 2 is 1.86 bits per heavy atom. The quantitative estimate of drug-likeness (QED) is 0.542. The fraction of sp³-hybridized carbons (Fsp3) is 0.588. The summed E-state index contributed by atoms with van der Waals surface area (Å²) in [6.07, 6.45) is 0. The molecule has 0 saturated carbocycles. The van der Waals surface area contributed by atoms with E-state index >= 15 is 0 Å². The number of aliphatic imine (C=N–C) groups is 1. The highest BCUT2D eigenvalue weighted by molar-refractivity contribution is 5.79. The molecule has 1 aromatic rings. The van der Waals surface area contributed by atoms with Crippen LogP contribution in [0.3, 0.4) is 0 Å². The summed E-state index contributed by atoms with van der Waals surface area (Å²) in [4.78, 5) is 6.64. The summed E-state index contributed by atoms with van der Waals surface area (Å²) in [6.45, 7) is 11.8. The molecule has 0 unspecified atom stereocenters. The molecule has 0 fully saturated rings. The fourth-order valence-corrected chi connectivity index (χ4v) is 2.22. The highest BCUT2D eigenvalue weighted by Gasteiger charge is 2.04. The Balaban J connectivity index is 2.44. The molecule has 124 valence electrons. The van der Waals surface area contributed by atoms with Gasteiger partial charge in [0.2, 0.25) is 0 Å². The van der Waals surface area contributed by atoms with Crippen LogP contribution in [0.1, 0.15) is 26.3 Å². The molecule has 0 atom stereocenters. The maximum absolute atomic E-state index is 5.64. The predicted octanol–water partition coefficient (Wildman–Crippen LogP) is 2.09. The van der Waals surface area contributed by atoms with Crippen molar-refractivity contribution in [2.24, 2.45) is 4.99 Å². The highest BCUT2D eigenvalue weighted by Crippen LogP contribution is 2.17. The fourth-order valence-electron chi connectivity index (χ4n) is 2.22. The zero-order chi connectivity index (χ0) is 16.2. The molecule has 0 radical (unpaired) electrons. The highest BCUT2D eigenvalue weighted by atomic mass is 16.5. The van der Waals surface area contributed by atoms with Crippen molar-refractivity contribution < 1.29 is 4.74 Å². The van der Waals surface area contributed by atoms with Gasteiger partial charge in [-0.15, -0.1) is 0 Å². The molecule has 0 aliphatic heterocycles. The number of nitrogens with zero attached hydrogens (tertiary/aromatic N) is 2. The predicted molar refractivity (Wildman–Crippen MR) is 93.6 cm³/mol. The lowest BCUT2D eigenvalue weighted by molar-refractivity contribution is 0.308. The Morgan fingerprint density at radius 3 is 2.50 bits per heavy atom. The summed E-state index contributed by atoms with van der Waals surface area (Å²) >= 11 is 0. The maximum Gasteiger partial charge on any atom is 0.191 e. The number of hydrogen-bond acceptors (Lipinski definition) is 3. The molecule has 22 heavy (non-hydrogen) atoms. The van der Waals surface area contributed by atoms with Gasteiger partial charge in [-0.2, -0.15) is 0 Å². The topological polar surface area (TPSA) is 48.9 Å². The normalized spacial score (nSPS) is 11.6. The second-order valence-corrected chi connectivity index (χ2v) is 4.92. The molecule has 5 heteroatoms. The monoisotopic (exact) mass is 306 g/mol. The van der Waals surface area contributed by atoms with E-state index in [9.17, 15) is 0 Å². The molecule has 0 bridgehead atoms. The van der Waals surface area contributed by atoms with Crippen molar-refractivity contribution in [3.8, 4) is 5.75 Å². The lowest BCUT2D eigenvalue weighted by Crippen LogP contribution is -2.41. The Hall–Kier alpha value is -1.75. The van der Waals surface area contributed by atoms with Gasteiger partial charge in [-0.3, -0.25) is 4.99 Å². The van der Waals surface area contributed by atoms with E-state index in [0.29, 0.717) is 13.2 Å². The third-order valence-electron chi connectivity index (χ3n) is 3.56. The molecule has 0 amide bonds. The van der Waals surface area contributed by atoms with Crippen molar-refractivity contribution in [2.75, 3.05) is 39.8 Å². The van der Waals surface area contributed by atoms with Gasteiger partial charge in [-0.1, -0.05) is 32.0 Å². The molecule has 0 saturated heterocycles. The molecule has 0 spiro atoms. The first-order valence-electron chi connectivity index (χ1n) is 8.12. The average molecular weight is 306 g/mol.